The summed E-state index contributed by atoms with van der Waals surface area (Å²) >= 11 is 0. The van der Waals surface area contributed by atoms with E-state index < -0.39 is 9.84 Å². The Kier molecular flexibility index (Phi) is 3.30. The molecule has 1 saturated heterocycles. The van der Waals surface area contributed by atoms with Crippen molar-refractivity contribution in [2.75, 3.05) is 18.1 Å². The minimum Gasteiger partial charge on any atom is -0.311 e. The highest BCUT2D eigenvalue weighted by molar-refractivity contribution is 7.91. The Morgan fingerprint density at radius 1 is 1.37 bits per heavy atom. The summed E-state index contributed by atoms with van der Waals surface area (Å²) in [5, 5.41) is 3.32. The molecule has 0 spiro atoms. The summed E-state index contributed by atoms with van der Waals surface area (Å²) in [5.74, 6) is 1.21. The first-order chi connectivity index (χ1) is 9.09. The fourth-order valence-corrected chi connectivity index (χ4v) is 4.67. The lowest BCUT2D eigenvalue weighted by molar-refractivity contribution is 0.592. The quantitative estimate of drug-likeness (QED) is 0.859. The molecular formula is C13H19N3O2S. The van der Waals surface area contributed by atoms with Crippen LogP contribution in [0.25, 0.3) is 0 Å². The van der Waals surface area contributed by atoms with Gasteiger partial charge in [0.25, 0.3) is 0 Å². The number of fused-ring (bicyclic) bond motifs is 1. The van der Waals surface area contributed by atoms with Gasteiger partial charge in [-0.2, -0.15) is 0 Å². The number of rotatable bonds is 2. The van der Waals surface area contributed by atoms with Gasteiger partial charge in [0.2, 0.25) is 0 Å². The van der Waals surface area contributed by atoms with Crippen LogP contribution in [0.3, 0.4) is 0 Å². The third-order valence-corrected chi connectivity index (χ3v) is 5.74. The van der Waals surface area contributed by atoms with Gasteiger partial charge < -0.3 is 5.32 Å². The standard InChI is InChI=1S/C13H19N3O2S/c1-2-11-10-3-5-14-7-12(10)16-13(15-11)9-4-6-19(17,18)8-9/h9,14H,2-8H2,1H3. The predicted molar refractivity (Wildman–Crippen MR) is 72.8 cm³/mol. The van der Waals surface area contributed by atoms with Gasteiger partial charge in [0, 0.05) is 18.2 Å². The molecule has 1 aromatic heterocycles. The van der Waals surface area contributed by atoms with Crippen molar-refractivity contribution in [3.05, 3.63) is 22.8 Å². The van der Waals surface area contributed by atoms with Crippen molar-refractivity contribution in [3.8, 4) is 0 Å². The fraction of sp³-hybridized carbons (Fsp3) is 0.692. The number of aryl methyl sites for hydroxylation is 1. The summed E-state index contributed by atoms with van der Waals surface area (Å²) in [5.41, 5.74) is 3.44. The van der Waals surface area contributed by atoms with Crippen LogP contribution in [-0.2, 0) is 29.2 Å². The van der Waals surface area contributed by atoms with Crippen molar-refractivity contribution in [1.29, 1.82) is 0 Å². The molecule has 1 aromatic rings. The van der Waals surface area contributed by atoms with Crippen LogP contribution in [0.1, 0.15) is 42.0 Å². The normalized spacial score (nSPS) is 25.2. The largest absolute Gasteiger partial charge is 0.311 e. The molecule has 0 radical (unpaired) electrons. The summed E-state index contributed by atoms with van der Waals surface area (Å²) in [6.45, 7) is 3.84. The molecule has 2 aliphatic heterocycles. The Labute approximate surface area is 113 Å². The number of nitrogens with zero attached hydrogens (tertiary/aromatic N) is 2. The van der Waals surface area contributed by atoms with Crippen LogP contribution in [0, 0.1) is 0 Å². The Bertz CT molecular complexity index is 581. The molecule has 1 atom stereocenters. The maximum Gasteiger partial charge on any atom is 0.151 e. The van der Waals surface area contributed by atoms with Crippen LogP contribution >= 0.6 is 0 Å². The molecule has 104 valence electrons. The maximum atomic E-state index is 11.6. The van der Waals surface area contributed by atoms with Crippen LogP contribution < -0.4 is 5.32 Å². The predicted octanol–water partition coefficient (Wildman–Crippen LogP) is 0.587. The van der Waals surface area contributed by atoms with Crippen LogP contribution in [0.2, 0.25) is 0 Å². The molecule has 0 bridgehead atoms. The number of sulfone groups is 1. The van der Waals surface area contributed by atoms with Crippen molar-refractivity contribution in [2.45, 2.75) is 38.6 Å². The number of nitrogens with one attached hydrogen (secondary N) is 1. The maximum absolute atomic E-state index is 11.6. The second kappa shape index (κ2) is 4.83. The van der Waals surface area contributed by atoms with E-state index in [0.717, 1.165) is 43.1 Å². The van der Waals surface area contributed by atoms with Crippen LogP contribution in [0.15, 0.2) is 0 Å². The van der Waals surface area contributed by atoms with E-state index in [4.69, 9.17) is 0 Å². The van der Waals surface area contributed by atoms with Gasteiger partial charge in [-0.3, -0.25) is 0 Å². The summed E-state index contributed by atoms with van der Waals surface area (Å²) in [7, 11) is -2.88. The lowest BCUT2D eigenvalue weighted by Gasteiger charge is -2.20. The molecule has 1 unspecified atom stereocenters. The fourth-order valence-electron chi connectivity index (χ4n) is 2.93. The van der Waals surface area contributed by atoms with E-state index in [-0.39, 0.29) is 17.4 Å². The number of hydrogen-bond acceptors (Lipinski definition) is 5. The van der Waals surface area contributed by atoms with Gasteiger partial charge in [0.15, 0.2) is 9.84 Å². The number of aromatic nitrogens is 2. The van der Waals surface area contributed by atoms with Crippen molar-refractivity contribution in [3.63, 3.8) is 0 Å². The van der Waals surface area contributed by atoms with Gasteiger partial charge in [-0.1, -0.05) is 6.92 Å². The Hall–Kier alpha value is -1.01. The highest BCUT2D eigenvalue weighted by Gasteiger charge is 2.32. The highest BCUT2D eigenvalue weighted by atomic mass is 32.2. The third-order valence-electron chi connectivity index (χ3n) is 3.97. The van der Waals surface area contributed by atoms with Crippen molar-refractivity contribution >= 4 is 9.84 Å². The zero-order valence-electron chi connectivity index (χ0n) is 11.1. The molecular weight excluding hydrogens is 262 g/mol. The van der Waals surface area contributed by atoms with E-state index in [9.17, 15) is 8.42 Å². The first-order valence-corrected chi connectivity index (χ1v) is 8.71. The van der Waals surface area contributed by atoms with Crippen LogP contribution in [0.5, 0.6) is 0 Å². The van der Waals surface area contributed by atoms with E-state index >= 15 is 0 Å². The van der Waals surface area contributed by atoms with Crippen LogP contribution in [0.4, 0.5) is 0 Å². The van der Waals surface area contributed by atoms with Gasteiger partial charge in [-0.15, -0.1) is 0 Å². The molecule has 0 amide bonds. The minimum absolute atomic E-state index is 0.0115. The summed E-state index contributed by atoms with van der Waals surface area (Å²) in [6.07, 6.45) is 2.52. The zero-order chi connectivity index (χ0) is 13.5. The molecule has 19 heavy (non-hydrogen) atoms. The van der Waals surface area contributed by atoms with E-state index in [1.54, 1.807) is 0 Å². The lowest BCUT2D eigenvalue weighted by atomic mass is 10.0. The van der Waals surface area contributed by atoms with Crippen molar-refractivity contribution in [1.82, 2.24) is 15.3 Å². The lowest BCUT2D eigenvalue weighted by Crippen LogP contribution is -2.27. The van der Waals surface area contributed by atoms with Crippen LogP contribution in [-0.4, -0.2) is 36.4 Å². The second-order valence-corrected chi connectivity index (χ2v) is 7.56. The molecule has 0 saturated carbocycles. The zero-order valence-corrected chi connectivity index (χ0v) is 12.0. The Balaban J connectivity index is 1.99. The first-order valence-electron chi connectivity index (χ1n) is 6.89. The summed E-state index contributed by atoms with van der Waals surface area (Å²) < 4.78 is 23.2. The average molecular weight is 281 g/mol. The molecule has 2 aliphatic rings. The van der Waals surface area contributed by atoms with Gasteiger partial charge >= 0.3 is 0 Å². The van der Waals surface area contributed by atoms with Gasteiger partial charge in [0.1, 0.15) is 5.82 Å². The summed E-state index contributed by atoms with van der Waals surface area (Å²) in [4.78, 5) is 9.28. The van der Waals surface area contributed by atoms with E-state index in [2.05, 4.69) is 22.2 Å². The first kappa shape index (κ1) is 13.0. The molecule has 3 heterocycles. The molecule has 0 aliphatic carbocycles. The number of hydrogen-bond donors (Lipinski definition) is 1. The van der Waals surface area contributed by atoms with E-state index in [1.807, 2.05) is 0 Å². The van der Waals surface area contributed by atoms with Crippen molar-refractivity contribution in [2.24, 2.45) is 0 Å². The third kappa shape index (κ3) is 2.51. The molecule has 3 rings (SSSR count). The smallest absolute Gasteiger partial charge is 0.151 e. The summed E-state index contributed by atoms with van der Waals surface area (Å²) in [6, 6.07) is 0. The van der Waals surface area contributed by atoms with E-state index in [1.165, 1.54) is 5.56 Å². The monoisotopic (exact) mass is 281 g/mol. The SMILES string of the molecule is CCc1nc(C2CCS(=O)(=O)C2)nc2c1CCNC2. The van der Waals surface area contributed by atoms with Crippen molar-refractivity contribution < 1.29 is 8.42 Å². The molecule has 0 aromatic carbocycles. The topological polar surface area (TPSA) is 72.0 Å². The van der Waals surface area contributed by atoms with E-state index in [0.29, 0.717) is 6.42 Å². The molecule has 6 heteroatoms. The molecule has 1 N–H and O–H groups in total. The van der Waals surface area contributed by atoms with Gasteiger partial charge in [-0.25, -0.2) is 18.4 Å². The second-order valence-electron chi connectivity index (χ2n) is 5.33. The Morgan fingerprint density at radius 2 is 2.21 bits per heavy atom. The van der Waals surface area contributed by atoms with Gasteiger partial charge in [0.05, 0.1) is 17.2 Å². The highest BCUT2D eigenvalue weighted by Crippen LogP contribution is 2.28. The Morgan fingerprint density at radius 3 is 2.89 bits per heavy atom. The molecule has 5 nitrogen and oxygen atoms in total. The minimum atomic E-state index is -2.88. The average Bonchev–Trinajstić information content (AvgIpc) is 2.78. The molecule has 1 fully saturated rings. The van der Waals surface area contributed by atoms with Gasteiger partial charge in [-0.05, 0) is 31.4 Å².